The van der Waals surface area contributed by atoms with E-state index in [1.165, 1.54) is 11.3 Å². The third-order valence-corrected chi connectivity index (χ3v) is 5.97. The van der Waals surface area contributed by atoms with Gasteiger partial charge in [-0.2, -0.15) is 0 Å². The average Bonchev–Trinajstić information content (AvgIpc) is 3.22. The molecule has 1 aliphatic rings. The topological polar surface area (TPSA) is 69.7 Å². The molecule has 2 N–H and O–H groups in total. The smallest absolute Gasteiger partial charge is 0.138 e. The van der Waals surface area contributed by atoms with E-state index in [1.54, 1.807) is 6.20 Å². The number of rotatable bonds is 3. The number of piperazine rings is 1. The van der Waals surface area contributed by atoms with Crippen molar-refractivity contribution in [3.8, 4) is 22.4 Å². The second-order valence-electron chi connectivity index (χ2n) is 7.89. The highest BCUT2D eigenvalue weighted by molar-refractivity contribution is 6.07. The summed E-state index contributed by atoms with van der Waals surface area (Å²) in [5.41, 5.74) is 7.34. The molecule has 5 heterocycles. The number of aromatic amines is 1. The molecule has 0 radical (unpaired) electrons. The number of nitrogens with one attached hydrogen (secondary N) is 2. The highest BCUT2D eigenvalue weighted by Crippen LogP contribution is 2.31. The Kier molecular flexibility index (Phi) is 4.35. The Bertz CT molecular complexity index is 1350. The first-order valence-corrected chi connectivity index (χ1v) is 10.6. The van der Waals surface area contributed by atoms with E-state index in [0.717, 1.165) is 64.9 Å². The van der Waals surface area contributed by atoms with Crippen LogP contribution in [0.3, 0.4) is 0 Å². The number of H-pyrrole nitrogens is 1. The van der Waals surface area contributed by atoms with Crippen LogP contribution < -0.4 is 10.2 Å². The first-order chi connectivity index (χ1) is 15.3. The van der Waals surface area contributed by atoms with Gasteiger partial charge in [0.1, 0.15) is 5.65 Å². The SMILES string of the molecule is c1cncc(-c2cc3c(cn2)[nH]c2ncc(-c4ccc(N5CCNCC5)cc4)cc23)c1. The maximum Gasteiger partial charge on any atom is 0.138 e. The summed E-state index contributed by atoms with van der Waals surface area (Å²) in [6, 6.07) is 17.1. The number of fused-ring (bicyclic) bond motifs is 3. The zero-order chi connectivity index (χ0) is 20.6. The minimum absolute atomic E-state index is 0.876. The molecule has 0 bridgehead atoms. The number of anilines is 1. The van der Waals surface area contributed by atoms with Crippen molar-refractivity contribution in [3.05, 3.63) is 73.3 Å². The van der Waals surface area contributed by atoms with Gasteiger partial charge in [-0.05, 0) is 42.0 Å². The lowest BCUT2D eigenvalue weighted by molar-refractivity contribution is 0.589. The molecule has 6 heteroatoms. The molecule has 0 unspecified atom stereocenters. The third kappa shape index (κ3) is 3.31. The largest absolute Gasteiger partial charge is 0.369 e. The van der Waals surface area contributed by atoms with Crippen LogP contribution in [-0.2, 0) is 0 Å². The predicted molar refractivity (Wildman–Crippen MR) is 125 cm³/mol. The third-order valence-electron chi connectivity index (χ3n) is 5.97. The van der Waals surface area contributed by atoms with Gasteiger partial charge in [-0.25, -0.2) is 4.98 Å². The number of nitrogens with zero attached hydrogens (tertiary/aromatic N) is 4. The van der Waals surface area contributed by atoms with E-state index in [4.69, 9.17) is 4.98 Å². The maximum absolute atomic E-state index is 4.70. The zero-order valence-electron chi connectivity index (χ0n) is 17.0. The van der Waals surface area contributed by atoms with Gasteiger partial charge >= 0.3 is 0 Å². The summed E-state index contributed by atoms with van der Waals surface area (Å²) in [5, 5.41) is 5.63. The van der Waals surface area contributed by atoms with Gasteiger partial charge in [0.2, 0.25) is 0 Å². The van der Waals surface area contributed by atoms with E-state index in [9.17, 15) is 0 Å². The second kappa shape index (κ2) is 7.49. The molecule has 0 spiro atoms. The fourth-order valence-corrected chi connectivity index (χ4v) is 4.29. The van der Waals surface area contributed by atoms with Gasteiger partial charge in [-0.3, -0.25) is 9.97 Å². The van der Waals surface area contributed by atoms with Crippen molar-refractivity contribution in [2.75, 3.05) is 31.1 Å². The van der Waals surface area contributed by atoms with Gasteiger partial charge in [0.05, 0.1) is 17.4 Å². The lowest BCUT2D eigenvalue weighted by atomic mass is 10.0. The van der Waals surface area contributed by atoms with Crippen molar-refractivity contribution in [2.24, 2.45) is 0 Å². The number of benzene rings is 1. The molecular formula is C25H22N6. The summed E-state index contributed by atoms with van der Waals surface area (Å²) in [5.74, 6) is 0. The number of hydrogen-bond donors (Lipinski definition) is 2. The summed E-state index contributed by atoms with van der Waals surface area (Å²) in [4.78, 5) is 19.3. The van der Waals surface area contributed by atoms with E-state index in [-0.39, 0.29) is 0 Å². The minimum Gasteiger partial charge on any atom is -0.369 e. The summed E-state index contributed by atoms with van der Waals surface area (Å²) in [6.45, 7) is 4.18. The van der Waals surface area contributed by atoms with Crippen molar-refractivity contribution in [1.29, 1.82) is 0 Å². The first kappa shape index (κ1) is 18.0. The van der Waals surface area contributed by atoms with Crippen LogP contribution in [0.1, 0.15) is 0 Å². The Hall–Kier alpha value is -3.77. The maximum atomic E-state index is 4.70. The Labute approximate surface area is 180 Å². The molecule has 0 amide bonds. The minimum atomic E-state index is 0.876. The van der Waals surface area contributed by atoms with Crippen LogP contribution in [0.25, 0.3) is 44.3 Å². The van der Waals surface area contributed by atoms with Gasteiger partial charge in [0.25, 0.3) is 0 Å². The van der Waals surface area contributed by atoms with E-state index in [1.807, 2.05) is 30.7 Å². The molecule has 0 aliphatic carbocycles. The summed E-state index contributed by atoms with van der Waals surface area (Å²) in [6.07, 6.45) is 7.43. The van der Waals surface area contributed by atoms with Crippen molar-refractivity contribution in [1.82, 2.24) is 25.3 Å². The molecule has 4 aromatic heterocycles. The van der Waals surface area contributed by atoms with Crippen LogP contribution in [0.15, 0.2) is 73.3 Å². The number of aromatic nitrogens is 4. The molecule has 0 saturated carbocycles. The van der Waals surface area contributed by atoms with Crippen LogP contribution in [0.5, 0.6) is 0 Å². The lowest BCUT2D eigenvalue weighted by Gasteiger charge is -2.29. The molecule has 6 nitrogen and oxygen atoms in total. The van der Waals surface area contributed by atoms with Crippen molar-refractivity contribution in [3.63, 3.8) is 0 Å². The molecule has 1 aliphatic heterocycles. The molecule has 31 heavy (non-hydrogen) atoms. The monoisotopic (exact) mass is 406 g/mol. The Morgan fingerprint density at radius 3 is 2.45 bits per heavy atom. The molecule has 5 aromatic rings. The number of hydrogen-bond acceptors (Lipinski definition) is 5. The summed E-state index contributed by atoms with van der Waals surface area (Å²) in [7, 11) is 0. The highest BCUT2D eigenvalue weighted by Gasteiger charge is 2.12. The van der Waals surface area contributed by atoms with E-state index < -0.39 is 0 Å². The van der Waals surface area contributed by atoms with E-state index in [2.05, 4.69) is 61.6 Å². The summed E-state index contributed by atoms with van der Waals surface area (Å²) < 4.78 is 0. The molecular weight excluding hydrogens is 384 g/mol. The zero-order valence-corrected chi connectivity index (χ0v) is 17.0. The molecule has 1 fully saturated rings. The van der Waals surface area contributed by atoms with Gasteiger partial charge in [0, 0.05) is 72.4 Å². The fourth-order valence-electron chi connectivity index (χ4n) is 4.29. The van der Waals surface area contributed by atoms with Crippen LogP contribution in [0, 0.1) is 0 Å². The van der Waals surface area contributed by atoms with Crippen LogP contribution in [0.4, 0.5) is 5.69 Å². The first-order valence-electron chi connectivity index (χ1n) is 10.6. The Balaban J connectivity index is 1.39. The van der Waals surface area contributed by atoms with Crippen molar-refractivity contribution in [2.45, 2.75) is 0 Å². The van der Waals surface area contributed by atoms with Gasteiger partial charge < -0.3 is 15.2 Å². The molecule has 152 valence electrons. The Morgan fingerprint density at radius 2 is 1.65 bits per heavy atom. The average molecular weight is 406 g/mol. The van der Waals surface area contributed by atoms with Crippen LogP contribution in [0.2, 0.25) is 0 Å². The van der Waals surface area contributed by atoms with Gasteiger partial charge in [-0.1, -0.05) is 12.1 Å². The van der Waals surface area contributed by atoms with Crippen LogP contribution in [-0.4, -0.2) is 46.1 Å². The van der Waals surface area contributed by atoms with E-state index >= 15 is 0 Å². The predicted octanol–water partition coefficient (Wildman–Crippen LogP) is 4.25. The summed E-state index contributed by atoms with van der Waals surface area (Å²) >= 11 is 0. The van der Waals surface area contributed by atoms with Crippen molar-refractivity contribution < 1.29 is 0 Å². The fraction of sp³-hybridized carbons (Fsp3) is 0.160. The molecule has 1 saturated heterocycles. The molecule has 6 rings (SSSR count). The van der Waals surface area contributed by atoms with Crippen LogP contribution >= 0.6 is 0 Å². The Morgan fingerprint density at radius 1 is 0.774 bits per heavy atom. The quantitative estimate of drug-likeness (QED) is 0.469. The standard InChI is InChI=1S/C25H22N6/c1-2-18(14-27-7-1)23-13-21-22-12-19(15-29-25(22)30-24(21)16-28-23)17-3-5-20(6-4-17)31-10-8-26-9-11-31/h1-7,12-16,26H,8-11H2,(H,29,30). The molecule has 1 aromatic carbocycles. The molecule has 0 atom stereocenters. The van der Waals surface area contributed by atoms with E-state index in [0.29, 0.717) is 0 Å². The highest BCUT2D eigenvalue weighted by atomic mass is 15.2. The lowest BCUT2D eigenvalue weighted by Crippen LogP contribution is -2.43. The van der Waals surface area contributed by atoms with Gasteiger partial charge in [0.15, 0.2) is 0 Å². The van der Waals surface area contributed by atoms with Gasteiger partial charge in [-0.15, -0.1) is 0 Å². The normalized spacial score (nSPS) is 14.4. The number of pyridine rings is 3. The van der Waals surface area contributed by atoms with Crippen molar-refractivity contribution >= 4 is 27.6 Å². The second-order valence-corrected chi connectivity index (χ2v) is 7.89.